The monoisotopic (exact) mass is 357 g/mol. The molecule has 0 radical (unpaired) electrons. The third kappa shape index (κ3) is 3.53. The summed E-state index contributed by atoms with van der Waals surface area (Å²) in [4.78, 5) is 2.65. The van der Waals surface area contributed by atoms with Crippen LogP contribution in [-0.2, 0) is 0 Å². The van der Waals surface area contributed by atoms with Crippen LogP contribution in [0.5, 0.6) is 0 Å². The van der Waals surface area contributed by atoms with E-state index < -0.39 is 0 Å². The summed E-state index contributed by atoms with van der Waals surface area (Å²) in [6.45, 7) is 10.5. The molecule has 0 aromatic heterocycles. The first-order valence-corrected chi connectivity index (χ1v) is 10.4. The van der Waals surface area contributed by atoms with E-state index in [9.17, 15) is 0 Å². The van der Waals surface area contributed by atoms with Crippen molar-refractivity contribution in [3.8, 4) is 0 Å². The Balaban J connectivity index is 1.87. The molecule has 1 aliphatic heterocycles. The average molecular weight is 358 g/mol. The molecule has 2 aromatic rings. The summed E-state index contributed by atoms with van der Waals surface area (Å²) in [5.74, 6) is 0. The fourth-order valence-corrected chi connectivity index (χ4v) is 4.87. The molecule has 0 spiro atoms. The number of hydrogen-bond donors (Lipinski definition) is 0. The molecule has 0 atom stereocenters. The van der Waals surface area contributed by atoms with Crippen LogP contribution < -0.4 is 0 Å². The highest BCUT2D eigenvalue weighted by Gasteiger charge is 2.39. The van der Waals surface area contributed by atoms with E-state index in [-0.39, 0.29) is 5.41 Å². The smallest absolute Gasteiger partial charge is 0.0243 e. The molecule has 4 rings (SSSR count). The van der Waals surface area contributed by atoms with Crippen LogP contribution in [0.3, 0.4) is 0 Å². The number of rotatable bonds is 5. The summed E-state index contributed by atoms with van der Waals surface area (Å²) in [6, 6.07) is 22.1. The van der Waals surface area contributed by atoms with Crippen molar-refractivity contribution in [2.75, 3.05) is 19.6 Å². The molecular formula is C26H31N. The van der Waals surface area contributed by atoms with Gasteiger partial charge in [0.25, 0.3) is 0 Å². The van der Waals surface area contributed by atoms with Gasteiger partial charge in [0.2, 0.25) is 0 Å². The van der Waals surface area contributed by atoms with E-state index in [4.69, 9.17) is 0 Å². The molecule has 0 amide bonds. The molecule has 1 heteroatoms. The largest absolute Gasteiger partial charge is 0.295 e. The van der Waals surface area contributed by atoms with E-state index in [1.54, 1.807) is 22.3 Å². The van der Waals surface area contributed by atoms with Crippen LogP contribution in [0, 0.1) is 5.41 Å². The predicted octanol–water partition coefficient (Wildman–Crippen LogP) is 6.44. The van der Waals surface area contributed by atoms with Crippen LogP contribution in [0.1, 0.15) is 51.2 Å². The first-order chi connectivity index (χ1) is 13.1. The fraction of sp³-hybridized carbons (Fsp3) is 0.385. The first kappa shape index (κ1) is 18.3. The standard InChI is InChI=1S/C26H31N/c1-4-5-16-27-18-23-22(20-12-8-6-9-13-20)17-26(2,3)25(24(23)19-27)21-14-10-7-11-15-21/h6-15H,4-5,16-19H2,1-3H3. The molecule has 1 nitrogen and oxygen atoms in total. The summed E-state index contributed by atoms with van der Waals surface area (Å²) in [6.07, 6.45) is 3.66. The van der Waals surface area contributed by atoms with E-state index in [1.165, 1.54) is 30.5 Å². The number of fused-ring (bicyclic) bond motifs is 1. The van der Waals surface area contributed by atoms with Crippen molar-refractivity contribution in [1.82, 2.24) is 4.90 Å². The van der Waals surface area contributed by atoms with Crippen LogP contribution in [0.15, 0.2) is 71.8 Å². The van der Waals surface area contributed by atoms with Gasteiger partial charge in [-0.2, -0.15) is 0 Å². The Bertz CT molecular complexity index is 856. The number of hydrogen-bond acceptors (Lipinski definition) is 1. The third-order valence-corrected chi connectivity index (χ3v) is 6.10. The minimum Gasteiger partial charge on any atom is -0.295 e. The SMILES string of the molecule is CCCCN1CC2=C(c3ccccc3)CC(C)(C)C(c3ccccc3)=C2C1. The fourth-order valence-electron chi connectivity index (χ4n) is 4.87. The van der Waals surface area contributed by atoms with Crippen LogP contribution in [0.4, 0.5) is 0 Å². The van der Waals surface area contributed by atoms with Crippen LogP contribution in [0.2, 0.25) is 0 Å². The molecule has 140 valence electrons. The lowest BCUT2D eigenvalue weighted by atomic mass is 9.67. The molecule has 2 aromatic carbocycles. The van der Waals surface area contributed by atoms with Crippen LogP contribution >= 0.6 is 0 Å². The topological polar surface area (TPSA) is 3.24 Å². The summed E-state index contributed by atoms with van der Waals surface area (Å²) < 4.78 is 0. The zero-order chi connectivity index (χ0) is 18.9. The lowest BCUT2D eigenvalue weighted by molar-refractivity contribution is 0.347. The van der Waals surface area contributed by atoms with Crippen LogP contribution in [-0.4, -0.2) is 24.5 Å². The van der Waals surface area contributed by atoms with Gasteiger partial charge >= 0.3 is 0 Å². The Labute approximate surface area is 164 Å². The quantitative estimate of drug-likeness (QED) is 0.595. The molecule has 1 aliphatic carbocycles. The zero-order valence-corrected chi connectivity index (χ0v) is 17.0. The molecular weight excluding hydrogens is 326 g/mol. The molecule has 2 aliphatic rings. The molecule has 0 bridgehead atoms. The van der Waals surface area contributed by atoms with Gasteiger partial charge < -0.3 is 0 Å². The predicted molar refractivity (Wildman–Crippen MR) is 116 cm³/mol. The van der Waals surface area contributed by atoms with Crippen molar-refractivity contribution in [3.05, 3.63) is 82.9 Å². The van der Waals surface area contributed by atoms with Gasteiger partial charge in [0.05, 0.1) is 0 Å². The van der Waals surface area contributed by atoms with Gasteiger partial charge in [-0.15, -0.1) is 0 Å². The van der Waals surface area contributed by atoms with Gasteiger partial charge in [-0.1, -0.05) is 87.9 Å². The van der Waals surface area contributed by atoms with Gasteiger partial charge in [-0.3, -0.25) is 4.90 Å². The highest BCUT2D eigenvalue weighted by Crippen LogP contribution is 2.52. The van der Waals surface area contributed by atoms with Gasteiger partial charge in [0.1, 0.15) is 0 Å². The number of benzene rings is 2. The number of allylic oxidation sites excluding steroid dienone is 2. The molecule has 27 heavy (non-hydrogen) atoms. The number of nitrogens with zero attached hydrogens (tertiary/aromatic N) is 1. The Kier molecular flexibility index (Phi) is 5.06. The van der Waals surface area contributed by atoms with Crippen molar-refractivity contribution in [1.29, 1.82) is 0 Å². The minimum atomic E-state index is 0.145. The number of unbranched alkanes of at least 4 members (excludes halogenated alkanes) is 1. The van der Waals surface area contributed by atoms with Crippen molar-refractivity contribution >= 4 is 11.1 Å². The van der Waals surface area contributed by atoms with Gasteiger partial charge in [0, 0.05) is 13.1 Å². The van der Waals surface area contributed by atoms with Crippen LogP contribution in [0.25, 0.3) is 11.1 Å². The Hall–Kier alpha value is -2.12. The molecule has 1 fully saturated rings. The van der Waals surface area contributed by atoms with E-state index in [2.05, 4.69) is 86.3 Å². The first-order valence-electron chi connectivity index (χ1n) is 10.4. The lowest BCUT2D eigenvalue weighted by Gasteiger charge is -2.36. The van der Waals surface area contributed by atoms with Gasteiger partial charge in [-0.05, 0) is 58.2 Å². The summed E-state index contributed by atoms with van der Waals surface area (Å²) in [7, 11) is 0. The van der Waals surface area contributed by atoms with E-state index in [1.807, 2.05) is 0 Å². The Morgan fingerprint density at radius 1 is 0.778 bits per heavy atom. The van der Waals surface area contributed by atoms with Crippen molar-refractivity contribution in [2.45, 2.75) is 40.0 Å². The highest BCUT2D eigenvalue weighted by molar-refractivity contribution is 5.88. The average Bonchev–Trinajstić information content (AvgIpc) is 3.10. The molecule has 1 heterocycles. The minimum absolute atomic E-state index is 0.145. The van der Waals surface area contributed by atoms with Gasteiger partial charge in [-0.25, -0.2) is 0 Å². The van der Waals surface area contributed by atoms with E-state index in [0.29, 0.717) is 0 Å². The maximum Gasteiger partial charge on any atom is 0.0243 e. The normalized spacial score (nSPS) is 19.5. The zero-order valence-electron chi connectivity index (χ0n) is 17.0. The third-order valence-electron chi connectivity index (χ3n) is 6.10. The van der Waals surface area contributed by atoms with Crippen molar-refractivity contribution in [2.24, 2.45) is 5.41 Å². The van der Waals surface area contributed by atoms with E-state index in [0.717, 1.165) is 19.5 Å². The Morgan fingerprint density at radius 2 is 1.37 bits per heavy atom. The second kappa shape index (κ2) is 7.48. The Morgan fingerprint density at radius 3 is 2.00 bits per heavy atom. The van der Waals surface area contributed by atoms with Crippen molar-refractivity contribution < 1.29 is 0 Å². The second-order valence-electron chi connectivity index (χ2n) is 8.67. The van der Waals surface area contributed by atoms with Gasteiger partial charge in [0.15, 0.2) is 0 Å². The highest BCUT2D eigenvalue weighted by atomic mass is 15.1. The van der Waals surface area contributed by atoms with E-state index >= 15 is 0 Å². The molecule has 0 N–H and O–H groups in total. The maximum absolute atomic E-state index is 2.65. The van der Waals surface area contributed by atoms with Crippen molar-refractivity contribution in [3.63, 3.8) is 0 Å². The number of likely N-dealkylation sites (tertiary alicyclic amines) is 1. The lowest BCUT2D eigenvalue weighted by Crippen LogP contribution is -2.22. The summed E-state index contributed by atoms with van der Waals surface area (Å²) in [5, 5.41) is 0. The maximum atomic E-state index is 2.65. The summed E-state index contributed by atoms with van der Waals surface area (Å²) in [5.41, 5.74) is 9.27. The molecule has 1 saturated heterocycles. The summed E-state index contributed by atoms with van der Waals surface area (Å²) >= 11 is 0. The second-order valence-corrected chi connectivity index (χ2v) is 8.67. The molecule has 0 unspecified atom stereocenters. The molecule has 0 saturated carbocycles.